The lowest BCUT2D eigenvalue weighted by molar-refractivity contribution is -0.115. The summed E-state index contributed by atoms with van der Waals surface area (Å²) in [6, 6.07) is 21.7. The summed E-state index contributed by atoms with van der Waals surface area (Å²) >= 11 is 0. The van der Waals surface area contributed by atoms with E-state index in [1.54, 1.807) is 18.2 Å². The van der Waals surface area contributed by atoms with E-state index in [1.807, 2.05) is 49.4 Å². The quantitative estimate of drug-likeness (QED) is 0.466. The average molecular weight is 388 g/mol. The van der Waals surface area contributed by atoms with E-state index in [-0.39, 0.29) is 18.1 Å². The van der Waals surface area contributed by atoms with E-state index in [0.717, 1.165) is 33.5 Å². The van der Waals surface area contributed by atoms with Crippen molar-refractivity contribution in [3.8, 4) is 5.75 Å². The van der Waals surface area contributed by atoms with Gasteiger partial charge in [0.05, 0.1) is 6.42 Å². The summed E-state index contributed by atoms with van der Waals surface area (Å²) in [5.41, 5.74) is 4.28. The lowest BCUT2D eigenvalue weighted by atomic mass is 10.1. The molecule has 146 valence electrons. The summed E-state index contributed by atoms with van der Waals surface area (Å²) in [5.74, 6) is 0.260. The lowest BCUT2D eigenvalue weighted by Crippen LogP contribution is -2.14. The van der Waals surface area contributed by atoms with Crippen molar-refractivity contribution >= 4 is 22.5 Å². The van der Waals surface area contributed by atoms with Crippen molar-refractivity contribution in [1.29, 1.82) is 0 Å². The largest absolute Gasteiger partial charge is 0.489 e. The smallest absolute Gasteiger partial charge is 0.228 e. The molecular formula is C24H21FN2O2. The van der Waals surface area contributed by atoms with Gasteiger partial charge in [0.15, 0.2) is 0 Å². The summed E-state index contributed by atoms with van der Waals surface area (Å²) in [7, 11) is 0. The SMILES string of the molecule is Cc1[nH]c2ccc(F)cc2c1CC(=O)Nc1ccc(OCc2ccccc2)cc1. The molecule has 0 saturated carbocycles. The zero-order valence-electron chi connectivity index (χ0n) is 16.0. The van der Waals surface area contributed by atoms with Crippen LogP contribution in [-0.2, 0) is 17.8 Å². The summed E-state index contributed by atoms with van der Waals surface area (Å²) < 4.78 is 19.4. The zero-order chi connectivity index (χ0) is 20.2. The number of fused-ring (bicyclic) bond motifs is 1. The predicted molar refractivity (Wildman–Crippen MR) is 113 cm³/mol. The van der Waals surface area contributed by atoms with Crippen LogP contribution in [0, 0.1) is 12.7 Å². The van der Waals surface area contributed by atoms with Crippen molar-refractivity contribution in [1.82, 2.24) is 4.98 Å². The van der Waals surface area contributed by atoms with Gasteiger partial charge in [-0.3, -0.25) is 4.79 Å². The standard InChI is InChI=1S/C24H21FN2O2/c1-16-21(22-13-18(25)7-12-23(22)26-16)14-24(28)27-19-8-10-20(11-9-19)29-15-17-5-3-2-4-6-17/h2-13,26H,14-15H2,1H3,(H,27,28). The third-order valence-electron chi connectivity index (χ3n) is 4.81. The fraction of sp³-hybridized carbons (Fsp3) is 0.125. The first-order valence-electron chi connectivity index (χ1n) is 9.42. The second-order valence-electron chi connectivity index (χ2n) is 6.94. The molecule has 4 nitrogen and oxygen atoms in total. The molecule has 29 heavy (non-hydrogen) atoms. The van der Waals surface area contributed by atoms with Crippen molar-refractivity contribution in [2.45, 2.75) is 20.0 Å². The molecule has 0 aliphatic rings. The number of aromatic nitrogens is 1. The second-order valence-corrected chi connectivity index (χ2v) is 6.94. The van der Waals surface area contributed by atoms with E-state index in [0.29, 0.717) is 12.3 Å². The first-order chi connectivity index (χ1) is 14.1. The van der Waals surface area contributed by atoms with Gasteiger partial charge in [0.2, 0.25) is 5.91 Å². The van der Waals surface area contributed by atoms with Crippen LogP contribution in [-0.4, -0.2) is 10.9 Å². The van der Waals surface area contributed by atoms with Gasteiger partial charge in [-0.05, 0) is 60.5 Å². The van der Waals surface area contributed by atoms with Crippen LogP contribution in [0.15, 0.2) is 72.8 Å². The van der Waals surface area contributed by atoms with Gasteiger partial charge in [-0.25, -0.2) is 4.39 Å². The van der Waals surface area contributed by atoms with Crippen LogP contribution < -0.4 is 10.1 Å². The fourth-order valence-corrected chi connectivity index (χ4v) is 3.32. The number of carbonyl (C=O) groups is 1. The Morgan fingerprint density at radius 3 is 2.55 bits per heavy atom. The minimum Gasteiger partial charge on any atom is -0.489 e. The maximum atomic E-state index is 13.6. The van der Waals surface area contributed by atoms with Crippen molar-refractivity contribution < 1.29 is 13.9 Å². The van der Waals surface area contributed by atoms with Crippen LogP contribution in [0.3, 0.4) is 0 Å². The zero-order valence-corrected chi connectivity index (χ0v) is 16.0. The van der Waals surface area contributed by atoms with Crippen molar-refractivity contribution in [2.24, 2.45) is 0 Å². The molecule has 1 heterocycles. The molecule has 1 amide bonds. The average Bonchev–Trinajstić information content (AvgIpc) is 3.03. The molecule has 0 aliphatic carbocycles. The Morgan fingerprint density at radius 2 is 1.79 bits per heavy atom. The summed E-state index contributed by atoms with van der Waals surface area (Å²) in [5, 5.41) is 3.62. The predicted octanol–water partition coefficient (Wildman–Crippen LogP) is 5.38. The molecule has 0 atom stereocenters. The van der Waals surface area contributed by atoms with Gasteiger partial charge in [0.25, 0.3) is 0 Å². The molecule has 3 aromatic carbocycles. The Hall–Kier alpha value is -3.60. The number of amides is 1. The molecular weight excluding hydrogens is 367 g/mol. The number of benzene rings is 3. The lowest BCUT2D eigenvalue weighted by Gasteiger charge is -2.09. The number of carbonyl (C=O) groups excluding carboxylic acids is 1. The topological polar surface area (TPSA) is 54.1 Å². The number of halogens is 1. The number of aromatic amines is 1. The normalized spacial score (nSPS) is 10.8. The van der Waals surface area contributed by atoms with Crippen molar-refractivity contribution in [3.05, 3.63) is 95.4 Å². The van der Waals surface area contributed by atoms with Gasteiger partial charge >= 0.3 is 0 Å². The van der Waals surface area contributed by atoms with Gasteiger partial charge in [-0.2, -0.15) is 0 Å². The summed E-state index contributed by atoms with van der Waals surface area (Å²) in [4.78, 5) is 15.7. The van der Waals surface area contributed by atoms with Crippen LogP contribution in [0.5, 0.6) is 5.75 Å². The number of hydrogen-bond acceptors (Lipinski definition) is 2. The maximum Gasteiger partial charge on any atom is 0.228 e. The van der Waals surface area contributed by atoms with Crippen LogP contribution in [0.2, 0.25) is 0 Å². The van der Waals surface area contributed by atoms with E-state index in [4.69, 9.17) is 4.74 Å². The van der Waals surface area contributed by atoms with Crippen LogP contribution in [0.25, 0.3) is 10.9 Å². The van der Waals surface area contributed by atoms with Gasteiger partial charge in [-0.1, -0.05) is 30.3 Å². The Kier molecular flexibility index (Phi) is 5.29. The Labute approximate surface area is 168 Å². The number of H-pyrrole nitrogens is 1. The third kappa shape index (κ3) is 4.46. The van der Waals surface area contributed by atoms with Crippen LogP contribution in [0.1, 0.15) is 16.8 Å². The summed E-state index contributed by atoms with van der Waals surface area (Å²) in [6.45, 7) is 2.38. The van der Waals surface area contributed by atoms with Gasteiger partial charge < -0.3 is 15.0 Å². The molecule has 0 radical (unpaired) electrons. The van der Waals surface area contributed by atoms with Crippen LogP contribution in [0.4, 0.5) is 10.1 Å². The molecule has 4 rings (SSSR count). The fourth-order valence-electron chi connectivity index (χ4n) is 3.32. The number of anilines is 1. The van der Waals surface area contributed by atoms with E-state index in [2.05, 4.69) is 10.3 Å². The molecule has 2 N–H and O–H groups in total. The number of aryl methyl sites for hydroxylation is 1. The molecule has 5 heteroatoms. The van der Waals surface area contributed by atoms with Gasteiger partial charge in [0.1, 0.15) is 18.2 Å². The van der Waals surface area contributed by atoms with E-state index in [9.17, 15) is 9.18 Å². The van der Waals surface area contributed by atoms with Gasteiger partial charge in [0, 0.05) is 22.3 Å². The van der Waals surface area contributed by atoms with E-state index < -0.39 is 0 Å². The molecule has 0 aliphatic heterocycles. The molecule has 0 fully saturated rings. The third-order valence-corrected chi connectivity index (χ3v) is 4.81. The summed E-state index contributed by atoms with van der Waals surface area (Å²) in [6.07, 6.45) is 0.168. The first-order valence-corrected chi connectivity index (χ1v) is 9.42. The highest BCUT2D eigenvalue weighted by atomic mass is 19.1. The molecule has 0 bridgehead atoms. The number of nitrogens with one attached hydrogen (secondary N) is 2. The molecule has 0 spiro atoms. The molecule has 1 aromatic heterocycles. The number of ether oxygens (including phenoxy) is 1. The Bertz CT molecular complexity index is 1130. The highest BCUT2D eigenvalue weighted by Gasteiger charge is 2.13. The minimum absolute atomic E-state index is 0.156. The number of hydrogen-bond donors (Lipinski definition) is 2. The first kappa shape index (κ1) is 18.7. The van der Waals surface area contributed by atoms with E-state index >= 15 is 0 Å². The Balaban J connectivity index is 1.39. The van der Waals surface area contributed by atoms with Gasteiger partial charge in [-0.15, -0.1) is 0 Å². The second kappa shape index (κ2) is 8.19. The minimum atomic E-state index is -0.316. The monoisotopic (exact) mass is 388 g/mol. The molecule has 0 unspecified atom stereocenters. The van der Waals surface area contributed by atoms with E-state index in [1.165, 1.54) is 12.1 Å². The van der Waals surface area contributed by atoms with Crippen molar-refractivity contribution in [3.63, 3.8) is 0 Å². The Morgan fingerprint density at radius 1 is 1.03 bits per heavy atom. The maximum absolute atomic E-state index is 13.6. The molecule has 4 aromatic rings. The highest BCUT2D eigenvalue weighted by Crippen LogP contribution is 2.24. The van der Waals surface area contributed by atoms with Crippen LogP contribution >= 0.6 is 0 Å². The molecule has 0 saturated heterocycles. The number of rotatable bonds is 6. The van der Waals surface area contributed by atoms with Crippen molar-refractivity contribution in [2.75, 3.05) is 5.32 Å². The highest BCUT2D eigenvalue weighted by molar-refractivity contribution is 5.96.